The van der Waals surface area contributed by atoms with Crippen molar-refractivity contribution in [1.29, 1.82) is 0 Å². The summed E-state index contributed by atoms with van der Waals surface area (Å²) in [5, 5.41) is 0.699. The fourth-order valence-corrected chi connectivity index (χ4v) is 3.96. The maximum atomic E-state index is 12.3. The lowest BCUT2D eigenvalue weighted by molar-refractivity contribution is -0.140. The predicted molar refractivity (Wildman–Crippen MR) is 93.7 cm³/mol. The average Bonchev–Trinajstić information content (AvgIpc) is 3.13. The van der Waals surface area contributed by atoms with Crippen LogP contribution in [0.2, 0.25) is 5.02 Å². The van der Waals surface area contributed by atoms with E-state index in [1.807, 2.05) is 35.2 Å². The number of hydrogen-bond acceptors (Lipinski definition) is 2. The number of fused-ring (bicyclic) bond motifs is 1. The van der Waals surface area contributed by atoms with E-state index in [0.29, 0.717) is 18.0 Å². The van der Waals surface area contributed by atoms with Crippen LogP contribution in [0.1, 0.15) is 30.4 Å². The van der Waals surface area contributed by atoms with E-state index in [0.717, 1.165) is 24.8 Å². The first kappa shape index (κ1) is 15.7. The van der Waals surface area contributed by atoms with Gasteiger partial charge < -0.3 is 9.64 Å². The molecule has 0 radical (unpaired) electrons. The molecule has 0 spiro atoms. The van der Waals surface area contributed by atoms with Gasteiger partial charge in [-0.1, -0.05) is 54.1 Å². The molecule has 2 atom stereocenters. The molecule has 0 aliphatic carbocycles. The van der Waals surface area contributed by atoms with Crippen molar-refractivity contribution >= 4 is 17.5 Å². The Bertz CT molecular complexity index is 731. The van der Waals surface area contributed by atoms with Crippen LogP contribution in [0.15, 0.2) is 54.6 Å². The third-order valence-corrected chi connectivity index (χ3v) is 5.31. The third-order valence-electron chi connectivity index (χ3n) is 5.06. The summed E-state index contributed by atoms with van der Waals surface area (Å²) in [6.07, 6.45) is 3.22. The van der Waals surface area contributed by atoms with Gasteiger partial charge in [0.05, 0.1) is 12.6 Å². The molecule has 2 heterocycles. The summed E-state index contributed by atoms with van der Waals surface area (Å²) in [5.74, 6) is 0.187. The highest BCUT2D eigenvalue weighted by molar-refractivity contribution is 6.30. The molecule has 3 nitrogen and oxygen atoms in total. The number of carbonyl (C=O) groups is 1. The molecular weight excluding hydrogens is 322 g/mol. The molecule has 0 N–H and O–H groups in total. The molecule has 0 bridgehead atoms. The number of halogens is 1. The largest absolute Gasteiger partial charge is 0.346 e. The zero-order valence-electron chi connectivity index (χ0n) is 13.5. The summed E-state index contributed by atoms with van der Waals surface area (Å²) in [7, 11) is 0. The maximum Gasteiger partial charge on any atom is 0.225 e. The number of carbonyl (C=O) groups excluding carboxylic acids is 1. The second-order valence-electron chi connectivity index (χ2n) is 6.56. The molecule has 0 saturated carbocycles. The summed E-state index contributed by atoms with van der Waals surface area (Å²) < 4.78 is 6.45. The van der Waals surface area contributed by atoms with Gasteiger partial charge in [0.1, 0.15) is 0 Å². The predicted octanol–water partition coefficient (Wildman–Crippen LogP) is 4.15. The van der Waals surface area contributed by atoms with Gasteiger partial charge in [-0.15, -0.1) is 0 Å². The van der Waals surface area contributed by atoms with Crippen LogP contribution < -0.4 is 0 Å². The molecule has 2 aliphatic heterocycles. The highest BCUT2D eigenvalue weighted by Gasteiger charge is 2.54. The topological polar surface area (TPSA) is 29.5 Å². The monoisotopic (exact) mass is 341 g/mol. The molecule has 4 rings (SSSR count). The van der Waals surface area contributed by atoms with Gasteiger partial charge in [-0.05, 0) is 30.5 Å². The van der Waals surface area contributed by atoms with E-state index in [2.05, 4.69) is 24.3 Å². The number of amides is 1. The first-order chi connectivity index (χ1) is 11.7. The smallest absolute Gasteiger partial charge is 0.225 e. The molecule has 24 heavy (non-hydrogen) atoms. The Morgan fingerprint density at radius 3 is 2.62 bits per heavy atom. The van der Waals surface area contributed by atoms with Crippen LogP contribution in [0.4, 0.5) is 0 Å². The summed E-state index contributed by atoms with van der Waals surface area (Å²) in [4.78, 5) is 14.3. The number of benzene rings is 2. The lowest BCUT2D eigenvalue weighted by atomic mass is 10.0. The van der Waals surface area contributed by atoms with Crippen molar-refractivity contribution in [3.8, 4) is 0 Å². The molecule has 2 aliphatic rings. The molecule has 2 fully saturated rings. The minimum Gasteiger partial charge on any atom is -0.346 e. The molecule has 4 heteroatoms. The van der Waals surface area contributed by atoms with E-state index in [-0.39, 0.29) is 12.0 Å². The summed E-state index contributed by atoms with van der Waals surface area (Å²) in [5.41, 5.74) is 1.74. The van der Waals surface area contributed by atoms with Crippen LogP contribution in [-0.2, 0) is 21.7 Å². The van der Waals surface area contributed by atoms with Crippen LogP contribution in [0, 0.1) is 0 Å². The van der Waals surface area contributed by atoms with Crippen LogP contribution in [0.5, 0.6) is 0 Å². The standard InChI is InChI=1S/C20H20ClNO2/c21-17-9-7-16(8-10-17)20-13-12-19(23)22(20)14-18(24-20)11-6-15-4-2-1-3-5-15/h1-5,7-10,18H,6,11-14H2/t18-,20+/m0/s1. The molecule has 124 valence electrons. The Balaban J connectivity index is 1.53. The number of aryl methyl sites for hydroxylation is 1. The quantitative estimate of drug-likeness (QED) is 0.836. The number of ether oxygens (including phenoxy) is 1. The van der Waals surface area contributed by atoms with E-state index in [4.69, 9.17) is 16.3 Å². The Hall–Kier alpha value is -1.84. The van der Waals surface area contributed by atoms with Crippen LogP contribution in [-0.4, -0.2) is 23.5 Å². The van der Waals surface area contributed by atoms with Gasteiger partial charge in [0.25, 0.3) is 0 Å². The van der Waals surface area contributed by atoms with Crippen LogP contribution in [0.3, 0.4) is 0 Å². The van der Waals surface area contributed by atoms with Crippen LogP contribution >= 0.6 is 11.6 Å². The van der Waals surface area contributed by atoms with Crippen molar-refractivity contribution in [3.63, 3.8) is 0 Å². The fraction of sp³-hybridized carbons (Fsp3) is 0.350. The second kappa shape index (κ2) is 6.23. The fourth-order valence-electron chi connectivity index (χ4n) is 3.84. The van der Waals surface area contributed by atoms with Crippen molar-refractivity contribution in [3.05, 3.63) is 70.7 Å². The lowest BCUT2D eigenvalue weighted by Gasteiger charge is -2.31. The number of rotatable bonds is 4. The molecule has 1 amide bonds. The minimum atomic E-state index is -0.594. The van der Waals surface area contributed by atoms with Crippen molar-refractivity contribution < 1.29 is 9.53 Å². The van der Waals surface area contributed by atoms with E-state index in [1.165, 1.54) is 5.56 Å². The average molecular weight is 342 g/mol. The van der Waals surface area contributed by atoms with Gasteiger partial charge in [0.2, 0.25) is 5.91 Å². The molecule has 0 aromatic heterocycles. The van der Waals surface area contributed by atoms with Crippen LogP contribution in [0.25, 0.3) is 0 Å². The van der Waals surface area contributed by atoms with Gasteiger partial charge in [-0.2, -0.15) is 0 Å². The normalized spacial score (nSPS) is 26.0. The van der Waals surface area contributed by atoms with Crippen molar-refractivity contribution in [2.75, 3.05) is 6.54 Å². The second-order valence-corrected chi connectivity index (χ2v) is 7.00. The van der Waals surface area contributed by atoms with Gasteiger partial charge in [0.15, 0.2) is 5.72 Å². The lowest BCUT2D eigenvalue weighted by Crippen LogP contribution is -2.38. The van der Waals surface area contributed by atoms with Crippen molar-refractivity contribution in [2.24, 2.45) is 0 Å². The first-order valence-electron chi connectivity index (χ1n) is 8.46. The van der Waals surface area contributed by atoms with Crippen molar-refractivity contribution in [1.82, 2.24) is 4.90 Å². The van der Waals surface area contributed by atoms with E-state index in [1.54, 1.807) is 0 Å². The summed E-state index contributed by atoms with van der Waals surface area (Å²) in [6.45, 7) is 0.675. The third kappa shape index (κ3) is 2.72. The Morgan fingerprint density at radius 2 is 1.88 bits per heavy atom. The van der Waals surface area contributed by atoms with Gasteiger partial charge >= 0.3 is 0 Å². The van der Waals surface area contributed by atoms with Gasteiger partial charge in [0, 0.05) is 23.4 Å². The summed E-state index contributed by atoms with van der Waals surface area (Å²) in [6, 6.07) is 18.1. The van der Waals surface area contributed by atoms with Crippen molar-refractivity contribution in [2.45, 2.75) is 37.5 Å². The number of hydrogen-bond donors (Lipinski definition) is 0. The first-order valence-corrected chi connectivity index (χ1v) is 8.83. The maximum absolute atomic E-state index is 12.3. The molecule has 2 saturated heterocycles. The zero-order chi connectivity index (χ0) is 16.6. The molecule has 2 aromatic rings. The molecular formula is C20H20ClNO2. The minimum absolute atomic E-state index is 0.0742. The van der Waals surface area contributed by atoms with E-state index < -0.39 is 5.72 Å². The summed E-state index contributed by atoms with van der Waals surface area (Å²) >= 11 is 6.01. The Kier molecular flexibility index (Phi) is 4.07. The Morgan fingerprint density at radius 1 is 1.12 bits per heavy atom. The zero-order valence-corrected chi connectivity index (χ0v) is 14.2. The SMILES string of the molecule is O=C1CC[C@]2(c3ccc(Cl)cc3)O[C@@H](CCc3ccccc3)CN12. The Labute approximate surface area is 147 Å². The highest BCUT2D eigenvalue weighted by atomic mass is 35.5. The van der Waals surface area contributed by atoms with E-state index >= 15 is 0 Å². The van der Waals surface area contributed by atoms with Gasteiger partial charge in [-0.3, -0.25) is 4.79 Å². The number of nitrogens with zero attached hydrogens (tertiary/aromatic N) is 1. The molecule has 2 aromatic carbocycles. The van der Waals surface area contributed by atoms with E-state index in [9.17, 15) is 4.79 Å². The van der Waals surface area contributed by atoms with Gasteiger partial charge in [-0.25, -0.2) is 0 Å². The molecule has 0 unspecified atom stereocenters. The highest BCUT2D eigenvalue weighted by Crippen LogP contribution is 2.46.